The first-order valence-corrected chi connectivity index (χ1v) is 14.2. The van der Waals surface area contributed by atoms with Crippen LogP contribution in [0.4, 0.5) is 5.69 Å². The van der Waals surface area contributed by atoms with E-state index >= 15 is 0 Å². The summed E-state index contributed by atoms with van der Waals surface area (Å²) in [7, 11) is 0. The lowest BCUT2D eigenvalue weighted by Gasteiger charge is -2.09. The van der Waals surface area contributed by atoms with Crippen molar-refractivity contribution >= 4 is 35.6 Å². The number of rotatable bonds is 16. The molecule has 0 fully saturated rings. The van der Waals surface area contributed by atoms with E-state index in [-0.39, 0.29) is 0 Å². The van der Waals surface area contributed by atoms with Crippen LogP contribution < -0.4 is 15.2 Å². The molecule has 0 bridgehead atoms. The molecule has 3 rings (SSSR count). The third kappa shape index (κ3) is 11.0. The highest BCUT2D eigenvalue weighted by atomic mass is 32.2. The minimum atomic E-state index is -0.453. The third-order valence-electron chi connectivity index (χ3n) is 5.94. The van der Waals surface area contributed by atoms with Crippen molar-refractivity contribution in [1.29, 1.82) is 0 Å². The molecule has 3 aromatic carbocycles. The number of aryl methyl sites for hydroxylation is 1. The highest BCUT2D eigenvalue weighted by Crippen LogP contribution is 2.30. The first-order valence-electron chi connectivity index (χ1n) is 13.4. The van der Waals surface area contributed by atoms with Gasteiger partial charge in [-0.05, 0) is 92.3 Å². The van der Waals surface area contributed by atoms with Crippen LogP contribution in [0.3, 0.4) is 0 Å². The summed E-state index contributed by atoms with van der Waals surface area (Å²) in [5, 5.41) is 0. The van der Waals surface area contributed by atoms with Crippen LogP contribution in [-0.4, -0.2) is 37.9 Å². The molecule has 0 aliphatic rings. The number of unbranched alkanes of at least 4 members (excludes halogenated alkanes) is 3. The van der Waals surface area contributed by atoms with Crippen molar-refractivity contribution in [2.45, 2.75) is 37.5 Å². The second-order valence-corrected chi connectivity index (χ2v) is 10.4. The van der Waals surface area contributed by atoms with Crippen LogP contribution in [0, 0.1) is 6.92 Å². The Morgan fingerprint density at radius 3 is 2.39 bits per heavy atom. The molecule has 0 radical (unpaired) electrons. The van der Waals surface area contributed by atoms with E-state index in [2.05, 4.69) is 18.2 Å². The molecular formula is C33H36N2O5S. The van der Waals surface area contributed by atoms with Crippen molar-refractivity contribution in [3.63, 3.8) is 0 Å². The van der Waals surface area contributed by atoms with Crippen LogP contribution >= 0.6 is 11.8 Å². The van der Waals surface area contributed by atoms with E-state index in [1.165, 1.54) is 17.8 Å². The molecular weight excluding hydrogens is 536 g/mol. The molecule has 0 aromatic heterocycles. The number of nitrogen functional groups attached to an aromatic ring is 1. The summed E-state index contributed by atoms with van der Waals surface area (Å²) in [5.74, 6) is 0.278. The van der Waals surface area contributed by atoms with E-state index in [0.717, 1.165) is 46.6 Å². The lowest BCUT2D eigenvalue weighted by molar-refractivity contribution is -0.137. The van der Waals surface area contributed by atoms with E-state index in [9.17, 15) is 9.59 Å². The standard InChI is InChI=1S/C33H36N2O5S/c1-4-32(36)39-20-10-6-5-9-19-38-28-17-14-26(15-18-28)33(37)40-29-16-13-24(2)27(21-29)23-35-22-25(3)41-31-12-8-7-11-30(31)34/h4,7-8,11-18,21,23H,1,3,5-6,9-10,19-20,22,34H2,2H3. The van der Waals surface area contributed by atoms with Crippen LogP contribution in [0.15, 0.2) is 101 Å². The normalized spacial score (nSPS) is 10.8. The number of aliphatic imine (C=N–C) groups is 1. The fraction of sp³-hybridized carbons (Fsp3) is 0.242. The average Bonchev–Trinajstić information content (AvgIpc) is 2.97. The Hall–Kier alpha value is -4.30. The van der Waals surface area contributed by atoms with Gasteiger partial charge in [0.05, 0.1) is 25.3 Å². The zero-order chi connectivity index (χ0) is 29.5. The number of para-hydroxylation sites is 1. The highest BCUT2D eigenvalue weighted by Gasteiger charge is 2.10. The van der Waals surface area contributed by atoms with Crippen molar-refractivity contribution in [2.75, 3.05) is 25.5 Å². The Kier molecular flexibility index (Phi) is 12.7. The molecule has 0 atom stereocenters. The summed E-state index contributed by atoms with van der Waals surface area (Å²) >= 11 is 1.50. The fourth-order valence-corrected chi connectivity index (χ4v) is 4.44. The van der Waals surface area contributed by atoms with Crippen molar-refractivity contribution < 1.29 is 23.8 Å². The van der Waals surface area contributed by atoms with Gasteiger partial charge < -0.3 is 19.9 Å². The summed E-state index contributed by atoms with van der Waals surface area (Å²) in [6.45, 7) is 10.8. The zero-order valence-electron chi connectivity index (χ0n) is 23.3. The van der Waals surface area contributed by atoms with Gasteiger partial charge >= 0.3 is 11.9 Å². The largest absolute Gasteiger partial charge is 0.494 e. The zero-order valence-corrected chi connectivity index (χ0v) is 24.2. The Labute approximate surface area is 246 Å². The first-order chi connectivity index (χ1) is 19.9. The van der Waals surface area contributed by atoms with E-state index in [0.29, 0.717) is 42.5 Å². The van der Waals surface area contributed by atoms with Gasteiger partial charge in [0.1, 0.15) is 11.5 Å². The van der Waals surface area contributed by atoms with E-state index in [1.54, 1.807) is 42.6 Å². The summed E-state index contributed by atoms with van der Waals surface area (Å²) in [5.41, 5.74) is 9.01. The molecule has 0 saturated heterocycles. The molecule has 41 heavy (non-hydrogen) atoms. The predicted octanol–water partition coefficient (Wildman–Crippen LogP) is 7.19. The van der Waals surface area contributed by atoms with Gasteiger partial charge in [0.15, 0.2) is 0 Å². The lowest BCUT2D eigenvalue weighted by atomic mass is 10.1. The topological polar surface area (TPSA) is 100 Å². The van der Waals surface area contributed by atoms with Gasteiger partial charge in [0.2, 0.25) is 0 Å². The molecule has 8 heteroatoms. The molecule has 0 unspecified atom stereocenters. The van der Waals surface area contributed by atoms with Gasteiger partial charge in [-0.3, -0.25) is 4.99 Å². The van der Waals surface area contributed by atoms with Crippen molar-refractivity contribution in [3.05, 3.63) is 108 Å². The van der Waals surface area contributed by atoms with Crippen LogP contribution in [0.2, 0.25) is 0 Å². The van der Waals surface area contributed by atoms with Crippen molar-refractivity contribution in [2.24, 2.45) is 4.99 Å². The smallest absolute Gasteiger partial charge is 0.343 e. The SMILES string of the molecule is C=CC(=O)OCCCCCCOc1ccc(C(=O)Oc2ccc(C)c(C=NCC(=C)Sc3ccccc3N)c2)cc1. The third-order valence-corrected chi connectivity index (χ3v) is 6.95. The average molecular weight is 573 g/mol. The lowest BCUT2D eigenvalue weighted by Crippen LogP contribution is -2.09. The summed E-state index contributed by atoms with van der Waals surface area (Å²) < 4.78 is 16.3. The van der Waals surface area contributed by atoms with Crippen LogP contribution in [0.25, 0.3) is 0 Å². The van der Waals surface area contributed by atoms with Gasteiger partial charge in [-0.2, -0.15) is 0 Å². The second kappa shape index (κ2) is 16.7. The molecule has 0 heterocycles. The van der Waals surface area contributed by atoms with E-state index < -0.39 is 11.9 Å². The van der Waals surface area contributed by atoms with Crippen molar-refractivity contribution in [3.8, 4) is 11.5 Å². The molecule has 3 aromatic rings. The van der Waals surface area contributed by atoms with Gasteiger partial charge in [0.25, 0.3) is 0 Å². The second-order valence-electron chi connectivity index (χ2n) is 9.21. The van der Waals surface area contributed by atoms with Gasteiger partial charge in [-0.25, -0.2) is 9.59 Å². The minimum absolute atomic E-state index is 0.391. The molecule has 7 nitrogen and oxygen atoms in total. The van der Waals surface area contributed by atoms with Gasteiger partial charge in [-0.1, -0.05) is 43.1 Å². The van der Waals surface area contributed by atoms with Crippen LogP contribution in [0.1, 0.15) is 47.2 Å². The van der Waals surface area contributed by atoms with E-state index in [4.69, 9.17) is 19.9 Å². The van der Waals surface area contributed by atoms with Gasteiger partial charge in [-0.15, -0.1) is 0 Å². The summed E-state index contributed by atoms with van der Waals surface area (Å²) in [4.78, 5) is 30.0. The Bertz CT molecular complexity index is 1370. The number of carbonyl (C=O) groups is 2. The fourth-order valence-electron chi connectivity index (χ4n) is 3.66. The maximum atomic E-state index is 12.7. The number of nitrogens with zero attached hydrogens (tertiary/aromatic N) is 1. The molecule has 2 N–H and O–H groups in total. The number of carbonyl (C=O) groups excluding carboxylic acids is 2. The first kappa shape index (κ1) is 31.2. The Morgan fingerprint density at radius 1 is 0.951 bits per heavy atom. The molecule has 0 amide bonds. The summed E-state index contributed by atoms with van der Waals surface area (Å²) in [6.07, 6.45) is 6.53. The van der Waals surface area contributed by atoms with E-state index in [1.807, 2.05) is 37.3 Å². The molecule has 0 spiro atoms. The van der Waals surface area contributed by atoms with Crippen LogP contribution in [-0.2, 0) is 9.53 Å². The maximum absolute atomic E-state index is 12.7. The van der Waals surface area contributed by atoms with Crippen LogP contribution in [0.5, 0.6) is 11.5 Å². The Balaban J connectivity index is 1.43. The molecule has 214 valence electrons. The molecule has 0 saturated carbocycles. The number of esters is 2. The number of ether oxygens (including phenoxy) is 3. The number of anilines is 1. The molecule has 0 aliphatic carbocycles. The number of benzene rings is 3. The number of hydrogen-bond donors (Lipinski definition) is 1. The predicted molar refractivity (Wildman–Crippen MR) is 166 cm³/mol. The summed E-state index contributed by atoms with van der Waals surface area (Å²) in [6, 6.07) is 20.0. The quantitative estimate of drug-likeness (QED) is 0.0369. The monoisotopic (exact) mass is 572 g/mol. The van der Waals surface area contributed by atoms with Crippen molar-refractivity contribution in [1.82, 2.24) is 0 Å². The number of thioether (sulfide) groups is 1. The highest BCUT2D eigenvalue weighted by molar-refractivity contribution is 8.03. The molecule has 0 aliphatic heterocycles. The van der Waals surface area contributed by atoms with Gasteiger partial charge in [0, 0.05) is 27.8 Å². The Morgan fingerprint density at radius 2 is 1.66 bits per heavy atom. The number of hydrogen-bond acceptors (Lipinski definition) is 8. The minimum Gasteiger partial charge on any atom is -0.494 e. The maximum Gasteiger partial charge on any atom is 0.343 e. The number of nitrogens with two attached hydrogens (primary N) is 1.